The van der Waals surface area contributed by atoms with E-state index in [1.807, 2.05) is 6.92 Å². The van der Waals surface area contributed by atoms with Crippen molar-refractivity contribution in [2.45, 2.75) is 38.7 Å². The van der Waals surface area contributed by atoms with Gasteiger partial charge in [0.2, 0.25) is 0 Å². The van der Waals surface area contributed by atoms with E-state index >= 15 is 0 Å². The summed E-state index contributed by atoms with van der Waals surface area (Å²) in [6, 6.07) is 0. The average molecular weight is 231 g/mol. The Morgan fingerprint density at radius 1 is 1.27 bits per heavy atom. The van der Waals surface area contributed by atoms with Crippen molar-refractivity contribution >= 4 is 0 Å². The lowest BCUT2D eigenvalue weighted by Crippen LogP contribution is -2.37. The molecule has 0 radical (unpaired) electrons. The molecule has 0 amide bonds. The van der Waals surface area contributed by atoms with Crippen molar-refractivity contribution in [3.8, 4) is 0 Å². The molecule has 0 aromatic carbocycles. The number of ether oxygens (including phenoxy) is 1. The summed E-state index contributed by atoms with van der Waals surface area (Å²) in [5.74, 6) is -4.06. The minimum atomic E-state index is -4.06. The van der Waals surface area contributed by atoms with Crippen molar-refractivity contribution in [1.82, 2.24) is 5.32 Å². The van der Waals surface area contributed by atoms with Gasteiger partial charge in [-0.3, -0.25) is 0 Å². The van der Waals surface area contributed by atoms with Gasteiger partial charge in [-0.1, -0.05) is 13.8 Å². The van der Waals surface area contributed by atoms with Crippen molar-refractivity contribution in [1.29, 1.82) is 0 Å². The molecule has 15 heavy (non-hydrogen) atoms. The van der Waals surface area contributed by atoms with E-state index in [2.05, 4.69) is 5.32 Å². The molecule has 0 fully saturated rings. The van der Waals surface area contributed by atoms with E-state index in [1.165, 1.54) is 0 Å². The molecule has 6 heteroatoms. The summed E-state index contributed by atoms with van der Waals surface area (Å²) in [5, 5.41) is 2.91. The summed E-state index contributed by atoms with van der Waals surface area (Å²) in [6.45, 7) is 3.47. The van der Waals surface area contributed by atoms with Gasteiger partial charge in [-0.25, -0.2) is 8.78 Å². The number of hydrogen-bond donors (Lipinski definition) is 1. The van der Waals surface area contributed by atoms with E-state index < -0.39 is 25.1 Å². The molecular formula is C9H17F4NO. The highest BCUT2D eigenvalue weighted by Crippen LogP contribution is 2.23. The van der Waals surface area contributed by atoms with Gasteiger partial charge < -0.3 is 10.1 Å². The van der Waals surface area contributed by atoms with E-state index in [9.17, 15) is 17.6 Å². The zero-order valence-electron chi connectivity index (χ0n) is 8.90. The number of halogens is 4. The molecule has 0 saturated carbocycles. The first-order valence-electron chi connectivity index (χ1n) is 4.92. The second kappa shape index (κ2) is 7.00. The van der Waals surface area contributed by atoms with Crippen LogP contribution in [0, 0.1) is 0 Å². The third-order valence-corrected chi connectivity index (χ3v) is 1.91. The Hall–Kier alpha value is -0.360. The molecule has 0 rings (SSSR count). The SMILES string of the molecule is CCNCC(CC)OCC(F)(F)C(F)F. The van der Waals surface area contributed by atoms with Crippen LogP contribution in [0.4, 0.5) is 17.6 Å². The van der Waals surface area contributed by atoms with E-state index in [0.717, 1.165) is 0 Å². The van der Waals surface area contributed by atoms with Gasteiger partial charge >= 0.3 is 12.3 Å². The Kier molecular flexibility index (Phi) is 6.84. The van der Waals surface area contributed by atoms with Gasteiger partial charge in [0.1, 0.15) is 6.61 Å². The van der Waals surface area contributed by atoms with E-state index in [4.69, 9.17) is 4.74 Å². The Labute approximate surface area is 87.0 Å². The summed E-state index contributed by atoms with van der Waals surface area (Å²) in [6.07, 6.45) is -3.62. The van der Waals surface area contributed by atoms with Crippen LogP contribution in [0.15, 0.2) is 0 Å². The maximum atomic E-state index is 12.5. The lowest BCUT2D eigenvalue weighted by Gasteiger charge is -2.20. The van der Waals surface area contributed by atoms with Gasteiger partial charge in [-0.2, -0.15) is 8.78 Å². The molecule has 1 N–H and O–H groups in total. The third-order valence-electron chi connectivity index (χ3n) is 1.91. The molecule has 0 heterocycles. The van der Waals surface area contributed by atoms with Crippen LogP contribution >= 0.6 is 0 Å². The van der Waals surface area contributed by atoms with Gasteiger partial charge in [-0.05, 0) is 13.0 Å². The first-order valence-corrected chi connectivity index (χ1v) is 4.92. The summed E-state index contributed by atoms with van der Waals surface area (Å²) in [5.41, 5.74) is 0. The van der Waals surface area contributed by atoms with Crippen LogP contribution in [0.25, 0.3) is 0 Å². The fourth-order valence-electron chi connectivity index (χ4n) is 0.918. The number of hydrogen-bond acceptors (Lipinski definition) is 2. The minimum Gasteiger partial charge on any atom is -0.370 e. The fraction of sp³-hybridized carbons (Fsp3) is 1.00. The average Bonchev–Trinajstić information content (AvgIpc) is 2.18. The minimum absolute atomic E-state index is 0.395. The van der Waals surface area contributed by atoms with E-state index in [1.54, 1.807) is 6.92 Å². The van der Waals surface area contributed by atoms with Crippen LogP contribution in [-0.4, -0.2) is 38.1 Å². The van der Waals surface area contributed by atoms with Crippen LogP contribution in [0.3, 0.4) is 0 Å². The monoisotopic (exact) mass is 231 g/mol. The van der Waals surface area contributed by atoms with Gasteiger partial charge in [0.15, 0.2) is 0 Å². The molecule has 0 aliphatic rings. The summed E-state index contributed by atoms with van der Waals surface area (Å²) in [4.78, 5) is 0. The fourth-order valence-corrected chi connectivity index (χ4v) is 0.918. The van der Waals surface area contributed by atoms with Crippen LogP contribution in [0.2, 0.25) is 0 Å². The lowest BCUT2D eigenvalue weighted by molar-refractivity contribution is -0.175. The molecule has 0 aliphatic heterocycles. The molecule has 0 aliphatic carbocycles. The summed E-state index contributed by atoms with van der Waals surface area (Å²) < 4.78 is 53.2. The van der Waals surface area contributed by atoms with Crippen molar-refractivity contribution < 1.29 is 22.3 Å². The molecule has 0 aromatic rings. The number of likely N-dealkylation sites (N-methyl/N-ethyl adjacent to an activating group) is 1. The third kappa shape index (κ3) is 5.94. The number of alkyl halides is 4. The lowest BCUT2D eigenvalue weighted by atomic mass is 10.2. The standard InChI is InChI=1S/C9H17F4NO/c1-3-7(5-14-4-2)15-6-9(12,13)8(10)11/h7-8,14H,3-6H2,1-2H3. The Balaban J connectivity index is 3.88. The molecule has 0 saturated heterocycles. The largest absolute Gasteiger partial charge is 0.370 e. The van der Waals surface area contributed by atoms with Crippen molar-refractivity contribution in [2.24, 2.45) is 0 Å². The molecule has 1 atom stereocenters. The second-order valence-electron chi connectivity index (χ2n) is 3.21. The smallest absolute Gasteiger partial charge is 0.330 e. The molecule has 0 spiro atoms. The quantitative estimate of drug-likeness (QED) is 0.647. The molecule has 2 nitrogen and oxygen atoms in total. The highest BCUT2D eigenvalue weighted by molar-refractivity contribution is 4.70. The Bertz CT molecular complexity index is 166. The first-order chi connectivity index (χ1) is 6.94. The zero-order valence-corrected chi connectivity index (χ0v) is 8.90. The zero-order chi connectivity index (χ0) is 11.9. The first kappa shape index (κ1) is 14.6. The normalized spacial score (nSPS) is 14.6. The predicted octanol–water partition coefficient (Wildman–Crippen LogP) is 2.29. The van der Waals surface area contributed by atoms with Crippen LogP contribution in [-0.2, 0) is 4.74 Å². The summed E-state index contributed by atoms with van der Waals surface area (Å²) in [7, 11) is 0. The van der Waals surface area contributed by atoms with Gasteiger partial charge in [0, 0.05) is 6.54 Å². The topological polar surface area (TPSA) is 21.3 Å². The van der Waals surface area contributed by atoms with E-state index in [0.29, 0.717) is 19.5 Å². The predicted molar refractivity (Wildman–Crippen MR) is 49.5 cm³/mol. The van der Waals surface area contributed by atoms with Crippen molar-refractivity contribution in [2.75, 3.05) is 19.7 Å². The highest BCUT2D eigenvalue weighted by Gasteiger charge is 2.41. The van der Waals surface area contributed by atoms with Crippen LogP contribution < -0.4 is 5.32 Å². The van der Waals surface area contributed by atoms with Crippen LogP contribution in [0.5, 0.6) is 0 Å². The maximum absolute atomic E-state index is 12.5. The van der Waals surface area contributed by atoms with E-state index in [-0.39, 0.29) is 0 Å². The second-order valence-corrected chi connectivity index (χ2v) is 3.21. The molecular weight excluding hydrogens is 214 g/mol. The van der Waals surface area contributed by atoms with Crippen molar-refractivity contribution in [3.63, 3.8) is 0 Å². The summed E-state index contributed by atoms with van der Waals surface area (Å²) >= 11 is 0. The number of nitrogens with one attached hydrogen (secondary N) is 1. The Morgan fingerprint density at radius 2 is 1.87 bits per heavy atom. The highest BCUT2D eigenvalue weighted by atomic mass is 19.3. The van der Waals surface area contributed by atoms with Gasteiger partial charge in [0.25, 0.3) is 0 Å². The molecule has 0 bridgehead atoms. The van der Waals surface area contributed by atoms with Gasteiger partial charge in [0.05, 0.1) is 6.10 Å². The van der Waals surface area contributed by atoms with Crippen LogP contribution in [0.1, 0.15) is 20.3 Å². The molecule has 0 aromatic heterocycles. The molecule has 92 valence electrons. The van der Waals surface area contributed by atoms with Crippen molar-refractivity contribution in [3.05, 3.63) is 0 Å². The maximum Gasteiger partial charge on any atom is 0.330 e. The Morgan fingerprint density at radius 3 is 2.27 bits per heavy atom. The molecule has 1 unspecified atom stereocenters. The van der Waals surface area contributed by atoms with Gasteiger partial charge in [-0.15, -0.1) is 0 Å². The number of rotatable bonds is 8.